The molecule has 0 spiro atoms. The number of ketones is 1. The van der Waals surface area contributed by atoms with Crippen LogP contribution in [0.15, 0.2) is 40.5 Å². The lowest BCUT2D eigenvalue weighted by Crippen LogP contribution is -2.37. The number of aryl methyl sites for hydroxylation is 3. The fourth-order valence-corrected chi connectivity index (χ4v) is 6.74. The van der Waals surface area contributed by atoms with Gasteiger partial charge in [0.15, 0.2) is 5.78 Å². The number of sulfonamides is 1. The van der Waals surface area contributed by atoms with E-state index in [4.69, 9.17) is 28.3 Å². The van der Waals surface area contributed by atoms with Crippen molar-refractivity contribution in [2.45, 2.75) is 58.1 Å². The number of hydrogen-bond acceptors (Lipinski definition) is 7. The van der Waals surface area contributed by atoms with Gasteiger partial charge in [-0.15, -0.1) is 0 Å². The standard InChI is InChI=1S/C26H28ClN3O5S2/c1-14-12-15(2)22(19(13-14)23(31)17-8-5-4-6-9-17)28-25(32)18-10-7-11-20(24(18)36)37(33,34)30-26-21(27)16(3)29-35-26/h7,10-13,17,20,30H,4-6,8-9H2,1-3H3,(H,28,32). The number of aromatic nitrogens is 1. The van der Waals surface area contributed by atoms with Gasteiger partial charge in [-0.25, -0.2) is 13.1 Å². The molecule has 8 nitrogen and oxygen atoms in total. The second-order valence-corrected chi connectivity index (χ2v) is 12.1. The maximum absolute atomic E-state index is 13.4. The normalized spacial score (nSPS) is 18.4. The van der Waals surface area contributed by atoms with Crippen molar-refractivity contribution >= 4 is 62.0 Å². The van der Waals surface area contributed by atoms with Crippen LogP contribution in [0.4, 0.5) is 11.6 Å². The maximum Gasteiger partial charge on any atom is 0.257 e. The van der Waals surface area contributed by atoms with Crippen LogP contribution in [0.3, 0.4) is 0 Å². The highest BCUT2D eigenvalue weighted by molar-refractivity contribution is 7.96. The van der Waals surface area contributed by atoms with E-state index in [1.54, 1.807) is 13.0 Å². The SMILES string of the molecule is Cc1cc(C)c(NC(=O)C2=CC=CC(S(=O)(=O)Nc3onc(C)c3Cl)C2=S)c(C(=O)C2CCCCC2)c1. The van der Waals surface area contributed by atoms with Gasteiger partial charge in [-0.1, -0.05) is 66.5 Å². The molecule has 1 saturated carbocycles. The first-order valence-corrected chi connectivity index (χ1v) is 14.4. The summed E-state index contributed by atoms with van der Waals surface area (Å²) in [6.07, 6.45) is 9.10. The summed E-state index contributed by atoms with van der Waals surface area (Å²) in [4.78, 5) is 26.7. The van der Waals surface area contributed by atoms with Crippen molar-refractivity contribution in [1.82, 2.24) is 5.16 Å². The van der Waals surface area contributed by atoms with E-state index < -0.39 is 21.2 Å². The topological polar surface area (TPSA) is 118 Å². The number of hydrogen-bond donors (Lipinski definition) is 2. The molecule has 2 aliphatic rings. The van der Waals surface area contributed by atoms with Gasteiger partial charge in [0.1, 0.15) is 16.0 Å². The number of thiocarbonyl (C=S) groups is 1. The van der Waals surface area contributed by atoms with E-state index in [1.807, 2.05) is 19.9 Å². The van der Waals surface area contributed by atoms with Gasteiger partial charge in [-0.3, -0.25) is 9.59 Å². The van der Waals surface area contributed by atoms with Crippen molar-refractivity contribution in [1.29, 1.82) is 0 Å². The zero-order valence-electron chi connectivity index (χ0n) is 20.8. The molecule has 11 heteroatoms. The van der Waals surface area contributed by atoms with Crippen LogP contribution in [0.1, 0.15) is 59.3 Å². The van der Waals surface area contributed by atoms with E-state index in [2.05, 4.69) is 15.2 Å². The van der Waals surface area contributed by atoms with Crippen molar-refractivity contribution in [2.75, 3.05) is 10.0 Å². The molecular formula is C26H28ClN3O5S2. The van der Waals surface area contributed by atoms with E-state index in [9.17, 15) is 18.0 Å². The van der Waals surface area contributed by atoms with Crippen LogP contribution >= 0.6 is 23.8 Å². The Hall–Kier alpha value is -2.82. The van der Waals surface area contributed by atoms with E-state index >= 15 is 0 Å². The van der Waals surface area contributed by atoms with Crippen molar-refractivity contribution in [2.24, 2.45) is 5.92 Å². The quantitative estimate of drug-likeness (QED) is 0.332. The first-order valence-electron chi connectivity index (χ1n) is 12.0. The number of carbonyl (C=O) groups excluding carboxylic acids is 2. The lowest BCUT2D eigenvalue weighted by molar-refractivity contribution is -0.112. The number of halogens is 1. The van der Waals surface area contributed by atoms with Crippen LogP contribution in [0.25, 0.3) is 0 Å². The molecule has 1 unspecified atom stereocenters. The Bertz CT molecular complexity index is 1440. The number of carbonyl (C=O) groups is 2. The van der Waals surface area contributed by atoms with Gasteiger partial charge >= 0.3 is 0 Å². The minimum Gasteiger partial charge on any atom is -0.336 e. The number of amides is 1. The molecule has 1 fully saturated rings. The minimum atomic E-state index is -4.16. The van der Waals surface area contributed by atoms with Crippen LogP contribution in [0.2, 0.25) is 5.02 Å². The second-order valence-electron chi connectivity index (χ2n) is 9.47. The molecule has 1 aromatic heterocycles. The molecule has 0 saturated heterocycles. The molecule has 2 N–H and O–H groups in total. The highest BCUT2D eigenvalue weighted by Crippen LogP contribution is 2.33. The van der Waals surface area contributed by atoms with E-state index in [0.29, 0.717) is 16.9 Å². The Morgan fingerprint density at radius 3 is 2.49 bits per heavy atom. The van der Waals surface area contributed by atoms with Crippen LogP contribution in [0, 0.1) is 26.7 Å². The van der Waals surface area contributed by atoms with Crippen molar-refractivity contribution in [3.05, 3.63) is 63.3 Å². The Balaban J connectivity index is 1.58. The predicted molar refractivity (Wildman–Crippen MR) is 148 cm³/mol. The predicted octanol–water partition coefficient (Wildman–Crippen LogP) is 5.63. The molecule has 2 aromatic rings. The molecule has 37 heavy (non-hydrogen) atoms. The van der Waals surface area contributed by atoms with Gasteiger partial charge in [0, 0.05) is 11.5 Å². The zero-order valence-corrected chi connectivity index (χ0v) is 23.1. The number of allylic oxidation sites excluding steroid dienone is 2. The smallest absolute Gasteiger partial charge is 0.257 e. The Kier molecular flexibility index (Phi) is 8.01. The van der Waals surface area contributed by atoms with Crippen molar-refractivity contribution in [3.8, 4) is 0 Å². The number of nitrogens with one attached hydrogen (secondary N) is 2. The van der Waals surface area contributed by atoms with Gasteiger partial charge in [0.2, 0.25) is 10.0 Å². The molecule has 1 amide bonds. The Morgan fingerprint density at radius 1 is 1.14 bits per heavy atom. The number of Topliss-reactive ketones (excluding diaryl/α,β-unsaturated/α-hetero) is 1. The number of rotatable bonds is 7. The van der Waals surface area contributed by atoms with Gasteiger partial charge in [0.05, 0.1) is 16.1 Å². The van der Waals surface area contributed by atoms with Gasteiger partial charge in [-0.05, 0) is 56.9 Å². The lowest BCUT2D eigenvalue weighted by atomic mass is 9.82. The van der Waals surface area contributed by atoms with Crippen LogP contribution in [-0.2, 0) is 14.8 Å². The van der Waals surface area contributed by atoms with Crippen molar-refractivity contribution < 1.29 is 22.5 Å². The highest BCUT2D eigenvalue weighted by Gasteiger charge is 2.35. The first kappa shape index (κ1) is 27.2. The summed E-state index contributed by atoms with van der Waals surface area (Å²) >= 11 is 11.5. The molecule has 4 rings (SSSR count). The molecule has 1 aromatic carbocycles. The maximum atomic E-state index is 13.4. The third-order valence-corrected chi connectivity index (χ3v) is 9.24. The fraction of sp³-hybridized carbons (Fsp3) is 0.385. The average Bonchev–Trinajstić information content (AvgIpc) is 3.17. The number of anilines is 2. The summed E-state index contributed by atoms with van der Waals surface area (Å²) < 4.78 is 33.3. The van der Waals surface area contributed by atoms with Crippen molar-refractivity contribution in [3.63, 3.8) is 0 Å². The lowest BCUT2D eigenvalue weighted by Gasteiger charge is -2.24. The Morgan fingerprint density at radius 2 is 1.84 bits per heavy atom. The summed E-state index contributed by atoms with van der Waals surface area (Å²) in [5, 5.41) is 5.20. The van der Waals surface area contributed by atoms with Gasteiger partial charge < -0.3 is 9.84 Å². The van der Waals surface area contributed by atoms with Crippen LogP contribution in [0.5, 0.6) is 0 Å². The van der Waals surface area contributed by atoms with Gasteiger partial charge in [0.25, 0.3) is 11.8 Å². The third-order valence-electron chi connectivity index (χ3n) is 6.64. The van der Waals surface area contributed by atoms with Crippen LogP contribution < -0.4 is 10.0 Å². The van der Waals surface area contributed by atoms with E-state index in [0.717, 1.165) is 43.2 Å². The summed E-state index contributed by atoms with van der Waals surface area (Å²) in [5.74, 6) is -0.869. The highest BCUT2D eigenvalue weighted by atomic mass is 35.5. The van der Waals surface area contributed by atoms with Gasteiger partial charge in [-0.2, -0.15) is 0 Å². The molecular weight excluding hydrogens is 534 g/mol. The molecule has 2 aliphatic carbocycles. The number of benzene rings is 1. The average molecular weight is 562 g/mol. The summed E-state index contributed by atoms with van der Waals surface area (Å²) in [6.45, 7) is 5.30. The first-order chi connectivity index (χ1) is 17.5. The number of nitrogens with zero attached hydrogens (tertiary/aromatic N) is 1. The fourth-order valence-electron chi connectivity index (χ4n) is 4.72. The minimum absolute atomic E-state index is 0.0174. The Labute approximate surface area is 226 Å². The monoisotopic (exact) mass is 561 g/mol. The second kappa shape index (κ2) is 10.9. The third kappa shape index (κ3) is 5.71. The summed E-state index contributed by atoms with van der Waals surface area (Å²) in [5.41, 5.74) is 2.90. The molecule has 0 aliphatic heterocycles. The van der Waals surface area contributed by atoms with E-state index in [1.165, 1.54) is 18.2 Å². The largest absolute Gasteiger partial charge is 0.336 e. The molecule has 0 radical (unpaired) electrons. The molecule has 196 valence electrons. The summed E-state index contributed by atoms with van der Waals surface area (Å²) in [7, 11) is -4.16. The zero-order chi connectivity index (χ0) is 26.9. The molecule has 0 bridgehead atoms. The molecule has 1 heterocycles. The van der Waals surface area contributed by atoms with Crippen LogP contribution in [-0.4, -0.2) is 35.4 Å². The molecule has 1 atom stereocenters. The summed E-state index contributed by atoms with van der Waals surface area (Å²) in [6, 6.07) is 3.69. The van der Waals surface area contributed by atoms with E-state index in [-0.39, 0.29) is 33.0 Å².